The van der Waals surface area contributed by atoms with Gasteiger partial charge in [-0.15, -0.1) is 0 Å². The van der Waals surface area contributed by atoms with Crippen LogP contribution in [0.1, 0.15) is 6.92 Å². The second-order valence-electron chi connectivity index (χ2n) is 3.75. The molecule has 1 aliphatic heterocycles. The molecule has 0 aromatic rings. The number of hydrogen-bond acceptors (Lipinski definition) is 6. The number of aliphatic hydroxyl groups excluding tert-OH is 4. The monoisotopic (exact) mass is 266 g/mol. The molecule has 0 radical (unpaired) electrons. The molecule has 100 valence electrons. The van der Waals surface area contributed by atoms with Crippen molar-refractivity contribution in [2.24, 2.45) is 0 Å². The Hall–Kier alpha value is -0.510. The summed E-state index contributed by atoms with van der Waals surface area (Å²) in [6.45, 7) is 1.99. The second-order valence-corrected chi connectivity index (χ2v) is 4.16. The van der Waals surface area contributed by atoms with E-state index < -0.39 is 37.3 Å². The highest BCUT2D eigenvalue weighted by atomic mass is 32.1. The van der Waals surface area contributed by atoms with Crippen LogP contribution in [0.3, 0.4) is 0 Å². The minimum atomic E-state index is -1.40. The number of hydrogen-bond donors (Lipinski definition) is 6. The highest BCUT2D eigenvalue weighted by molar-refractivity contribution is 7.80. The molecule has 0 spiro atoms. The van der Waals surface area contributed by atoms with E-state index in [0.29, 0.717) is 6.54 Å². The summed E-state index contributed by atoms with van der Waals surface area (Å²) < 4.78 is 5.20. The van der Waals surface area contributed by atoms with Crippen molar-refractivity contribution in [2.45, 2.75) is 37.6 Å². The van der Waals surface area contributed by atoms with E-state index in [4.69, 9.17) is 22.1 Å². The van der Waals surface area contributed by atoms with Crippen LogP contribution in [0.4, 0.5) is 0 Å². The average Bonchev–Trinajstić information content (AvgIpc) is 2.30. The Bertz CT molecular complexity index is 266. The van der Waals surface area contributed by atoms with Crippen molar-refractivity contribution >= 4 is 17.3 Å². The van der Waals surface area contributed by atoms with Crippen molar-refractivity contribution in [2.75, 3.05) is 13.2 Å². The van der Waals surface area contributed by atoms with E-state index in [1.54, 1.807) is 0 Å². The lowest BCUT2D eigenvalue weighted by atomic mass is 9.98. The lowest BCUT2D eigenvalue weighted by Gasteiger charge is -2.40. The zero-order valence-electron chi connectivity index (χ0n) is 9.41. The number of thiocarbonyl (C=S) groups is 1. The first-order valence-electron chi connectivity index (χ1n) is 5.36. The maximum atomic E-state index is 9.67. The first-order valence-corrected chi connectivity index (χ1v) is 5.77. The van der Waals surface area contributed by atoms with Gasteiger partial charge in [-0.25, -0.2) is 0 Å². The van der Waals surface area contributed by atoms with Gasteiger partial charge < -0.3 is 35.8 Å². The first kappa shape index (κ1) is 14.6. The van der Waals surface area contributed by atoms with Crippen LogP contribution in [-0.4, -0.2) is 69.3 Å². The van der Waals surface area contributed by atoms with E-state index in [2.05, 4.69) is 10.6 Å². The van der Waals surface area contributed by atoms with Crippen molar-refractivity contribution in [1.82, 2.24) is 10.6 Å². The molecule has 0 aliphatic carbocycles. The Morgan fingerprint density at radius 3 is 2.41 bits per heavy atom. The van der Waals surface area contributed by atoms with Gasteiger partial charge in [-0.05, 0) is 19.1 Å². The quantitative estimate of drug-likeness (QED) is 0.305. The van der Waals surface area contributed by atoms with E-state index in [1.165, 1.54) is 0 Å². The highest BCUT2D eigenvalue weighted by Gasteiger charge is 2.43. The van der Waals surface area contributed by atoms with Crippen LogP contribution in [0.2, 0.25) is 0 Å². The zero-order valence-corrected chi connectivity index (χ0v) is 10.2. The SMILES string of the molecule is CCNC(=S)N[C@H]1O[C@H](CO)[C@@H](O)[C@H](O)[C@@H]1O. The molecule has 8 heteroatoms. The normalized spacial score (nSPS) is 37.6. The Morgan fingerprint density at radius 2 is 1.88 bits per heavy atom. The Kier molecular flexibility index (Phi) is 5.50. The molecule has 1 heterocycles. The molecule has 17 heavy (non-hydrogen) atoms. The third-order valence-corrected chi connectivity index (χ3v) is 2.77. The molecule has 7 nitrogen and oxygen atoms in total. The first-order chi connectivity index (χ1) is 8.01. The molecule has 0 aromatic carbocycles. The minimum absolute atomic E-state index is 0.261. The number of ether oxygens (including phenoxy) is 1. The largest absolute Gasteiger partial charge is 0.394 e. The third-order valence-electron chi connectivity index (χ3n) is 2.50. The fourth-order valence-corrected chi connectivity index (χ4v) is 1.82. The molecule has 0 saturated carbocycles. The number of nitrogens with one attached hydrogen (secondary N) is 2. The summed E-state index contributed by atoms with van der Waals surface area (Å²) >= 11 is 4.91. The Labute approximate surface area is 104 Å². The van der Waals surface area contributed by atoms with E-state index >= 15 is 0 Å². The molecule has 0 aromatic heterocycles. The lowest BCUT2D eigenvalue weighted by Crippen LogP contribution is -2.64. The van der Waals surface area contributed by atoms with Crippen LogP contribution < -0.4 is 10.6 Å². The fraction of sp³-hybridized carbons (Fsp3) is 0.889. The fourth-order valence-electron chi connectivity index (χ4n) is 1.56. The molecule has 1 rings (SSSR count). The summed E-state index contributed by atoms with van der Waals surface area (Å²) in [6, 6.07) is 0. The molecular formula is C9H18N2O5S. The predicted octanol–water partition coefficient (Wildman–Crippen LogP) is -2.73. The van der Waals surface area contributed by atoms with Gasteiger partial charge in [0.2, 0.25) is 0 Å². The average molecular weight is 266 g/mol. The molecule has 5 atom stereocenters. The van der Waals surface area contributed by atoms with Gasteiger partial charge in [0.05, 0.1) is 6.61 Å². The maximum Gasteiger partial charge on any atom is 0.168 e. The van der Waals surface area contributed by atoms with Crippen LogP contribution in [0.25, 0.3) is 0 Å². The van der Waals surface area contributed by atoms with E-state index in [1.807, 2.05) is 6.92 Å². The standard InChI is InChI=1S/C9H18N2O5S/c1-2-10-9(17)11-8-7(15)6(14)5(13)4(3-12)16-8/h4-8,12-15H,2-3H2,1H3,(H2,10,11,17)/t4-,5-,6+,7+,8+/m1/s1. The van der Waals surface area contributed by atoms with Gasteiger partial charge in [0.15, 0.2) is 11.3 Å². The summed E-state index contributed by atoms with van der Waals surface area (Å²) in [6.07, 6.45) is -6.00. The summed E-state index contributed by atoms with van der Waals surface area (Å²) in [5.74, 6) is 0. The molecule has 1 fully saturated rings. The van der Waals surface area contributed by atoms with Crippen molar-refractivity contribution < 1.29 is 25.2 Å². The highest BCUT2D eigenvalue weighted by Crippen LogP contribution is 2.19. The Balaban J connectivity index is 2.62. The molecule has 0 bridgehead atoms. The summed E-state index contributed by atoms with van der Waals surface area (Å²) in [7, 11) is 0. The van der Waals surface area contributed by atoms with Gasteiger partial charge in [0, 0.05) is 6.54 Å². The molecule has 6 N–H and O–H groups in total. The van der Waals surface area contributed by atoms with Crippen molar-refractivity contribution in [1.29, 1.82) is 0 Å². The molecule has 1 aliphatic rings. The van der Waals surface area contributed by atoms with Crippen LogP contribution in [-0.2, 0) is 4.74 Å². The maximum absolute atomic E-state index is 9.67. The van der Waals surface area contributed by atoms with Crippen LogP contribution in [0, 0.1) is 0 Å². The van der Waals surface area contributed by atoms with Crippen LogP contribution >= 0.6 is 12.2 Å². The Morgan fingerprint density at radius 1 is 1.24 bits per heavy atom. The van der Waals surface area contributed by atoms with Gasteiger partial charge in [-0.3, -0.25) is 0 Å². The molecular weight excluding hydrogens is 248 g/mol. The van der Waals surface area contributed by atoms with Gasteiger partial charge >= 0.3 is 0 Å². The van der Waals surface area contributed by atoms with Crippen molar-refractivity contribution in [3.05, 3.63) is 0 Å². The zero-order chi connectivity index (χ0) is 13.0. The van der Waals surface area contributed by atoms with Crippen molar-refractivity contribution in [3.63, 3.8) is 0 Å². The summed E-state index contributed by atoms with van der Waals surface area (Å²) in [4.78, 5) is 0. The number of rotatable bonds is 3. The molecule has 0 unspecified atom stereocenters. The molecule has 0 amide bonds. The van der Waals surface area contributed by atoms with Crippen LogP contribution in [0.15, 0.2) is 0 Å². The smallest absolute Gasteiger partial charge is 0.168 e. The van der Waals surface area contributed by atoms with Gasteiger partial charge in [0.25, 0.3) is 0 Å². The van der Waals surface area contributed by atoms with Gasteiger partial charge in [-0.2, -0.15) is 0 Å². The summed E-state index contributed by atoms with van der Waals surface area (Å²) in [5.41, 5.74) is 0. The number of aliphatic hydroxyl groups is 4. The van der Waals surface area contributed by atoms with Gasteiger partial charge in [0.1, 0.15) is 24.4 Å². The van der Waals surface area contributed by atoms with E-state index in [9.17, 15) is 15.3 Å². The third kappa shape index (κ3) is 3.47. The minimum Gasteiger partial charge on any atom is -0.394 e. The van der Waals surface area contributed by atoms with E-state index in [-0.39, 0.29) is 5.11 Å². The van der Waals surface area contributed by atoms with Gasteiger partial charge in [-0.1, -0.05) is 0 Å². The van der Waals surface area contributed by atoms with E-state index in [0.717, 1.165) is 0 Å². The molecule has 1 saturated heterocycles. The second kappa shape index (κ2) is 6.43. The lowest BCUT2D eigenvalue weighted by molar-refractivity contribution is -0.232. The summed E-state index contributed by atoms with van der Waals surface area (Å²) in [5, 5.41) is 43.4. The predicted molar refractivity (Wildman–Crippen MR) is 63.2 cm³/mol. The van der Waals surface area contributed by atoms with Crippen LogP contribution in [0.5, 0.6) is 0 Å². The topological polar surface area (TPSA) is 114 Å². The van der Waals surface area contributed by atoms with Crippen molar-refractivity contribution in [3.8, 4) is 0 Å².